The van der Waals surface area contributed by atoms with Gasteiger partial charge in [0.25, 0.3) is 0 Å². The molecule has 0 amide bonds. The Bertz CT molecular complexity index is 448. The monoisotopic (exact) mass is 236 g/mol. The van der Waals surface area contributed by atoms with Crippen LogP contribution in [0.25, 0.3) is 0 Å². The maximum absolute atomic E-state index is 11.1. The second-order valence-electron chi connectivity index (χ2n) is 4.28. The van der Waals surface area contributed by atoms with E-state index in [1.165, 1.54) is 0 Å². The summed E-state index contributed by atoms with van der Waals surface area (Å²) in [6.45, 7) is 7.23. The van der Waals surface area contributed by atoms with Crippen molar-refractivity contribution < 1.29 is 19.8 Å². The first-order valence-corrected chi connectivity index (χ1v) is 5.30. The van der Waals surface area contributed by atoms with Crippen molar-refractivity contribution >= 4 is 11.9 Å². The molecule has 1 rings (SSSR count). The Kier molecular flexibility index (Phi) is 3.56. The SMILES string of the molecule is Cc1cc(C)c(C)c(C(C(=O)O)C(=O)O)c1C. The van der Waals surface area contributed by atoms with Gasteiger partial charge in [-0.25, -0.2) is 0 Å². The van der Waals surface area contributed by atoms with Gasteiger partial charge in [0.1, 0.15) is 0 Å². The molecular formula is C13H16O4. The fourth-order valence-corrected chi connectivity index (χ4v) is 2.03. The predicted octanol–water partition coefficient (Wildman–Crippen LogP) is 2.17. The molecule has 0 atom stereocenters. The lowest BCUT2D eigenvalue weighted by atomic mass is 9.86. The quantitative estimate of drug-likeness (QED) is 0.789. The summed E-state index contributed by atoms with van der Waals surface area (Å²) in [7, 11) is 0. The molecular weight excluding hydrogens is 220 g/mol. The Morgan fingerprint density at radius 3 is 1.59 bits per heavy atom. The van der Waals surface area contributed by atoms with E-state index in [1.807, 2.05) is 19.9 Å². The summed E-state index contributed by atoms with van der Waals surface area (Å²) >= 11 is 0. The van der Waals surface area contributed by atoms with Crippen molar-refractivity contribution in [2.45, 2.75) is 33.6 Å². The van der Waals surface area contributed by atoms with E-state index in [2.05, 4.69) is 0 Å². The molecule has 0 radical (unpaired) electrons. The highest BCUT2D eigenvalue weighted by molar-refractivity contribution is 5.99. The number of carboxylic acid groups (broad SMARTS) is 2. The van der Waals surface area contributed by atoms with Gasteiger partial charge in [-0.3, -0.25) is 9.59 Å². The van der Waals surface area contributed by atoms with Gasteiger partial charge in [0.15, 0.2) is 5.92 Å². The lowest BCUT2D eigenvalue weighted by Crippen LogP contribution is -2.23. The van der Waals surface area contributed by atoms with Crippen LogP contribution in [0.15, 0.2) is 6.07 Å². The van der Waals surface area contributed by atoms with Crippen LogP contribution in [0.1, 0.15) is 33.7 Å². The molecule has 0 saturated carbocycles. The molecule has 0 aliphatic carbocycles. The third-order valence-corrected chi connectivity index (χ3v) is 3.21. The number of hydrogen-bond donors (Lipinski definition) is 2. The molecule has 92 valence electrons. The van der Waals surface area contributed by atoms with Crippen LogP contribution in [0, 0.1) is 27.7 Å². The van der Waals surface area contributed by atoms with Crippen LogP contribution in [0.3, 0.4) is 0 Å². The van der Waals surface area contributed by atoms with Crippen LogP contribution >= 0.6 is 0 Å². The van der Waals surface area contributed by atoms with E-state index in [4.69, 9.17) is 10.2 Å². The average Bonchev–Trinajstić information content (AvgIpc) is 2.20. The lowest BCUT2D eigenvalue weighted by Gasteiger charge is -2.18. The highest BCUT2D eigenvalue weighted by atomic mass is 16.4. The number of carbonyl (C=O) groups is 2. The molecule has 4 heteroatoms. The molecule has 0 aromatic heterocycles. The van der Waals surface area contributed by atoms with Crippen molar-refractivity contribution in [2.24, 2.45) is 0 Å². The molecule has 17 heavy (non-hydrogen) atoms. The zero-order chi connectivity index (χ0) is 13.3. The third-order valence-electron chi connectivity index (χ3n) is 3.21. The first-order chi connectivity index (χ1) is 7.77. The van der Waals surface area contributed by atoms with Gasteiger partial charge in [-0.1, -0.05) is 6.07 Å². The molecule has 0 bridgehead atoms. The summed E-state index contributed by atoms with van der Waals surface area (Å²) in [4.78, 5) is 22.2. The Hall–Kier alpha value is -1.84. The lowest BCUT2D eigenvalue weighted by molar-refractivity contribution is -0.150. The van der Waals surface area contributed by atoms with E-state index in [0.717, 1.165) is 22.3 Å². The molecule has 2 N–H and O–H groups in total. The fourth-order valence-electron chi connectivity index (χ4n) is 2.03. The summed E-state index contributed by atoms with van der Waals surface area (Å²) in [6, 6.07) is 1.94. The minimum atomic E-state index is -1.49. The molecule has 4 nitrogen and oxygen atoms in total. The maximum Gasteiger partial charge on any atom is 0.322 e. The molecule has 0 aliphatic rings. The molecule has 0 saturated heterocycles. The van der Waals surface area contributed by atoms with E-state index in [-0.39, 0.29) is 0 Å². The molecule has 0 fully saturated rings. The largest absolute Gasteiger partial charge is 0.480 e. The number of rotatable bonds is 3. The van der Waals surface area contributed by atoms with E-state index in [0.29, 0.717) is 5.56 Å². The summed E-state index contributed by atoms with van der Waals surface area (Å²) in [5.74, 6) is -4.14. The van der Waals surface area contributed by atoms with Gasteiger partial charge < -0.3 is 10.2 Å². The predicted molar refractivity (Wildman–Crippen MR) is 63.4 cm³/mol. The van der Waals surface area contributed by atoms with Crippen LogP contribution in [0.5, 0.6) is 0 Å². The van der Waals surface area contributed by atoms with E-state index in [1.54, 1.807) is 13.8 Å². The number of benzene rings is 1. The zero-order valence-corrected chi connectivity index (χ0v) is 10.4. The van der Waals surface area contributed by atoms with Crippen LogP contribution in [-0.4, -0.2) is 22.2 Å². The van der Waals surface area contributed by atoms with Gasteiger partial charge in [0.05, 0.1) is 0 Å². The topological polar surface area (TPSA) is 74.6 Å². The Labute approximate surface area is 99.9 Å². The Balaban J connectivity index is 3.58. The number of aliphatic carboxylic acids is 2. The summed E-state index contributed by atoms with van der Waals surface area (Å²) < 4.78 is 0. The van der Waals surface area contributed by atoms with Crippen LogP contribution in [-0.2, 0) is 9.59 Å². The van der Waals surface area contributed by atoms with Crippen LogP contribution in [0.4, 0.5) is 0 Å². The van der Waals surface area contributed by atoms with Crippen molar-refractivity contribution in [1.29, 1.82) is 0 Å². The standard InChI is InChI=1S/C13H16O4/c1-6-5-7(2)9(4)10(8(6)3)11(12(14)15)13(16)17/h5,11H,1-4H3,(H,14,15)(H,16,17). The minimum Gasteiger partial charge on any atom is -0.480 e. The Morgan fingerprint density at radius 1 is 0.941 bits per heavy atom. The number of carboxylic acids is 2. The summed E-state index contributed by atoms with van der Waals surface area (Å²) in [5.41, 5.74) is 3.71. The number of hydrogen-bond acceptors (Lipinski definition) is 2. The molecule has 0 aliphatic heterocycles. The summed E-state index contributed by atoms with van der Waals surface area (Å²) in [6.07, 6.45) is 0. The van der Waals surface area contributed by atoms with Gasteiger partial charge in [-0.2, -0.15) is 0 Å². The van der Waals surface area contributed by atoms with Crippen molar-refractivity contribution in [3.05, 3.63) is 33.9 Å². The highest BCUT2D eigenvalue weighted by Crippen LogP contribution is 2.29. The number of aryl methyl sites for hydroxylation is 2. The first-order valence-electron chi connectivity index (χ1n) is 5.30. The van der Waals surface area contributed by atoms with Gasteiger partial charge >= 0.3 is 11.9 Å². The molecule has 1 aromatic rings. The summed E-state index contributed by atoms with van der Waals surface area (Å²) in [5, 5.41) is 18.1. The van der Waals surface area contributed by atoms with Gasteiger partial charge in [-0.15, -0.1) is 0 Å². The van der Waals surface area contributed by atoms with Crippen molar-refractivity contribution in [3.8, 4) is 0 Å². The molecule has 0 spiro atoms. The van der Waals surface area contributed by atoms with Crippen molar-refractivity contribution in [3.63, 3.8) is 0 Å². The zero-order valence-electron chi connectivity index (χ0n) is 10.4. The van der Waals surface area contributed by atoms with Crippen molar-refractivity contribution in [1.82, 2.24) is 0 Å². The van der Waals surface area contributed by atoms with Gasteiger partial charge in [0.2, 0.25) is 0 Å². The minimum absolute atomic E-state index is 0.405. The average molecular weight is 236 g/mol. The highest BCUT2D eigenvalue weighted by Gasteiger charge is 2.31. The maximum atomic E-state index is 11.1. The molecule has 1 aromatic carbocycles. The Morgan fingerprint density at radius 2 is 1.29 bits per heavy atom. The smallest absolute Gasteiger partial charge is 0.322 e. The van der Waals surface area contributed by atoms with Gasteiger partial charge in [0, 0.05) is 0 Å². The van der Waals surface area contributed by atoms with E-state index < -0.39 is 17.9 Å². The normalized spacial score (nSPS) is 10.6. The third kappa shape index (κ3) is 2.30. The second-order valence-corrected chi connectivity index (χ2v) is 4.28. The van der Waals surface area contributed by atoms with Crippen LogP contribution in [0.2, 0.25) is 0 Å². The van der Waals surface area contributed by atoms with E-state index in [9.17, 15) is 9.59 Å². The second kappa shape index (κ2) is 4.57. The van der Waals surface area contributed by atoms with Gasteiger partial charge in [-0.05, 0) is 55.5 Å². The fraction of sp³-hybridized carbons (Fsp3) is 0.385. The van der Waals surface area contributed by atoms with E-state index >= 15 is 0 Å². The van der Waals surface area contributed by atoms with Crippen LogP contribution < -0.4 is 0 Å². The first kappa shape index (κ1) is 13.2. The molecule has 0 unspecified atom stereocenters. The molecule has 0 heterocycles. The van der Waals surface area contributed by atoms with Crippen molar-refractivity contribution in [2.75, 3.05) is 0 Å².